The van der Waals surface area contributed by atoms with Crippen molar-refractivity contribution in [2.45, 2.75) is 38.8 Å². The SMILES string of the molecule is C[C@@H](CCc1ccccc1)NC(=O)Cn1cccc2cc(C(F)F)nc1-2. The Hall–Kier alpha value is -2.76. The van der Waals surface area contributed by atoms with Crippen LogP contribution in [0.5, 0.6) is 0 Å². The van der Waals surface area contributed by atoms with Gasteiger partial charge in [-0.15, -0.1) is 0 Å². The number of aryl methyl sites for hydroxylation is 1. The maximum atomic E-state index is 12.8. The summed E-state index contributed by atoms with van der Waals surface area (Å²) in [6, 6.07) is 14.9. The molecule has 2 aliphatic rings. The number of nitrogens with one attached hydrogen (secondary N) is 1. The van der Waals surface area contributed by atoms with Crippen molar-refractivity contribution in [1.29, 1.82) is 0 Å². The Kier molecular flexibility index (Phi) is 5.61. The minimum absolute atomic E-state index is 0.0201. The highest BCUT2D eigenvalue weighted by Crippen LogP contribution is 2.27. The van der Waals surface area contributed by atoms with Gasteiger partial charge in [-0.2, -0.15) is 0 Å². The van der Waals surface area contributed by atoms with Crippen LogP contribution in [0.15, 0.2) is 54.7 Å². The number of halogens is 2. The Balaban J connectivity index is 1.58. The molecule has 0 spiro atoms. The van der Waals surface area contributed by atoms with Crippen molar-refractivity contribution in [3.8, 4) is 11.4 Å². The summed E-state index contributed by atoms with van der Waals surface area (Å²) in [5, 5.41) is 2.96. The zero-order valence-electron chi connectivity index (χ0n) is 14.5. The van der Waals surface area contributed by atoms with E-state index in [-0.39, 0.29) is 24.2 Å². The van der Waals surface area contributed by atoms with Gasteiger partial charge in [0.1, 0.15) is 18.1 Å². The molecule has 0 fully saturated rings. The molecule has 0 aromatic heterocycles. The normalized spacial score (nSPS) is 12.5. The average Bonchev–Trinajstić information content (AvgIpc) is 3.06. The molecule has 26 heavy (non-hydrogen) atoms. The zero-order chi connectivity index (χ0) is 18.5. The molecule has 0 radical (unpaired) electrons. The molecule has 1 aromatic rings. The van der Waals surface area contributed by atoms with Crippen LogP contribution in [0, 0.1) is 0 Å². The zero-order valence-corrected chi connectivity index (χ0v) is 14.5. The number of aromatic nitrogens is 2. The summed E-state index contributed by atoms with van der Waals surface area (Å²) in [7, 11) is 0. The Morgan fingerprint density at radius 3 is 2.69 bits per heavy atom. The lowest BCUT2D eigenvalue weighted by atomic mass is 10.1. The summed E-state index contributed by atoms with van der Waals surface area (Å²) >= 11 is 0. The third-order valence-corrected chi connectivity index (χ3v) is 4.26. The Morgan fingerprint density at radius 1 is 1.19 bits per heavy atom. The van der Waals surface area contributed by atoms with E-state index in [0.29, 0.717) is 11.4 Å². The summed E-state index contributed by atoms with van der Waals surface area (Å²) < 4.78 is 27.3. The lowest BCUT2D eigenvalue weighted by Crippen LogP contribution is -2.35. The molecule has 4 nitrogen and oxygen atoms in total. The molecule has 1 aromatic carbocycles. The van der Waals surface area contributed by atoms with Crippen LogP contribution >= 0.6 is 0 Å². The van der Waals surface area contributed by atoms with Gasteiger partial charge in [-0.3, -0.25) is 4.79 Å². The van der Waals surface area contributed by atoms with Gasteiger partial charge in [0.05, 0.1) is 0 Å². The van der Waals surface area contributed by atoms with Crippen LogP contribution in [0.25, 0.3) is 11.4 Å². The molecule has 136 valence electrons. The quantitative estimate of drug-likeness (QED) is 0.693. The Morgan fingerprint density at radius 2 is 1.96 bits per heavy atom. The number of benzene rings is 1. The molecule has 0 saturated heterocycles. The topological polar surface area (TPSA) is 46.9 Å². The Labute approximate surface area is 151 Å². The van der Waals surface area contributed by atoms with Gasteiger partial charge in [-0.1, -0.05) is 30.3 Å². The predicted molar refractivity (Wildman–Crippen MR) is 96.2 cm³/mol. The van der Waals surface area contributed by atoms with E-state index < -0.39 is 6.43 Å². The van der Waals surface area contributed by atoms with E-state index in [2.05, 4.69) is 22.4 Å². The van der Waals surface area contributed by atoms with Gasteiger partial charge >= 0.3 is 0 Å². The molecule has 2 heterocycles. The van der Waals surface area contributed by atoms with Crippen LogP contribution in [-0.4, -0.2) is 21.5 Å². The summed E-state index contributed by atoms with van der Waals surface area (Å²) in [5.74, 6) is 0.236. The van der Waals surface area contributed by atoms with Crippen molar-refractivity contribution < 1.29 is 13.6 Å². The maximum Gasteiger partial charge on any atom is 0.280 e. The van der Waals surface area contributed by atoms with Crippen LogP contribution in [0.4, 0.5) is 8.78 Å². The monoisotopic (exact) mass is 357 g/mol. The van der Waals surface area contributed by atoms with E-state index in [1.165, 1.54) is 11.6 Å². The molecule has 6 heteroatoms. The number of rotatable bonds is 7. The molecule has 0 aliphatic carbocycles. The van der Waals surface area contributed by atoms with Crippen LogP contribution in [0.2, 0.25) is 0 Å². The molecule has 1 amide bonds. The summed E-state index contributed by atoms with van der Waals surface area (Å²) in [4.78, 5) is 16.3. The fourth-order valence-corrected chi connectivity index (χ4v) is 2.93. The first kappa shape index (κ1) is 18.0. The number of amides is 1. The van der Waals surface area contributed by atoms with Crippen molar-refractivity contribution in [3.05, 3.63) is 66.0 Å². The fourth-order valence-electron chi connectivity index (χ4n) is 2.93. The van der Waals surface area contributed by atoms with Crippen molar-refractivity contribution in [2.24, 2.45) is 0 Å². The number of hydrogen-bond donors (Lipinski definition) is 1. The number of nitrogens with zero attached hydrogens (tertiary/aromatic N) is 2. The number of carbonyl (C=O) groups is 1. The second kappa shape index (κ2) is 8.08. The number of fused-ring (bicyclic) bond motifs is 1. The molecule has 1 atom stereocenters. The van der Waals surface area contributed by atoms with E-state index in [1.807, 2.05) is 25.1 Å². The van der Waals surface area contributed by atoms with Crippen molar-refractivity contribution in [1.82, 2.24) is 14.9 Å². The van der Waals surface area contributed by atoms with Crippen LogP contribution in [0.1, 0.15) is 31.0 Å². The third kappa shape index (κ3) is 4.45. The number of hydrogen-bond acceptors (Lipinski definition) is 2. The summed E-state index contributed by atoms with van der Waals surface area (Å²) in [6.45, 7) is 2.01. The molecule has 1 N–H and O–H groups in total. The number of pyridine rings is 1. The minimum atomic E-state index is -2.62. The maximum absolute atomic E-state index is 12.8. The van der Waals surface area contributed by atoms with Gasteiger partial charge in [0, 0.05) is 17.8 Å². The molecular weight excluding hydrogens is 336 g/mol. The van der Waals surface area contributed by atoms with Gasteiger partial charge < -0.3 is 9.88 Å². The summed E-state index contributed by atoms with van der Waals surface area (Å²) in [6.07, 6.45) is 0.767. The van der Waals surface area contributed by atoms with E-state index in [9.17, 15) is 13.6 Å². The number of carbonyl (C=O) groups excluding carboxylic acids is 1. The molecule has 0 bridgehead atoms. The van der Waals surface area contributed by atoms with Crippen LogP contribution in [0.3, 0.4) is 0 Å². The second-order valence-electron chi connectivity index (χ2n) is 6.39. The van der Waals surface area contributed by atoms with Gasteiger partial charge in [-0.25, -0.2) is 13.8 Å². The second-order valence-corrected chi connectivity index (χ2v) is 6.39. The molecule has 2 aliphatic heterocycles. The highest BCUT2D eigenvalue weighted by Gasteiger charge is 2.19. The highest BCUT2D eigenvalue weighted by molar-refractivity contribution is 5.77. The third-order valence-electron chi connectivity index (χ3n) is 4.26. The fraction of sp³-hybridized carbons (Fsp3) is 0.300. The lowest BCUT2D eigenvalue weighted by molar-refractivity contribution is -0.122. The van der Waals surface area contributed by atoms with E-state index in [0.717, 1.165) is 12.8 Å². The smallest absolute Gasteiger partial charge is 0.280 e. The first-order chi connectivity index (χ1) is 12.5. The van der Waals surface area contributed by atoms with E-state index >= 15 is 0 Å². The average molecular weight is 357 g/mol. The van der Waals surface area contributed by atoms with E-state index in [1.54, 1.807) is 22.9 Å². The van der Waals surface area contributed by atoms with Gasteiger partial charge in [0.2, 0.25) is 5.91 Å². The minimum Gasteiger partial charge on any atom is -0.352 e. The molecule has 0 unspecified atom stereocenters. The first-order valence-electron chi connectivity index (χ1n) is 8.60. The van der Waals surface area contributed by atoms with Gasteiger partial charge in [0.25, 0.3) is 6.43 Å². The van der Waals surface area contributed by atoms with Crippen LogP contribution in [-0.2, 0) is 17.8 Å². The molecule has 3 rings (SSSR count). The molecule has 0 saturated carbocycles. The van der Waals surface area contributed by atoms with Crippen molar-refractivity contribution in [3.63, 3.8) is 0 Å². The largest absolute Gasteiger partial charge is 0.352 e. The van der Waals surface area contributed by atoms with Crippen molar-refractivity contribution >= 4 is 5.91 Å². The van der Waals surface area contributed by atoms with Crippen LogP contribution < -0.4 is 5.32 Å². The number of alkyl halides is 2. The first-order valence-corrected chi connectivity index (χ1v) is 8.60. The predicted octanol–water partition coefficient (Wildman–Crippen LogP) is 4.06. The lowest BCUT2D eigenvalue weighted by Gasteiger charge is -2.16. The van der Waals surface area contributed by atoms with Crippen molar-refractivity contribution in [2.75, 3.05) is 0 Å². The van der Waals surface area contributed by atoms with Gasteiger partial charge in [-0.05, 0) is 43.5 Å². The van der Waals surface area contributed by atoms with Gasteiger partial charge in [0.15, 0.2) is 0 Å². The molecular formula is C20H21F2N3O. The van der Waals surface area contributed by atoms with E-state index in [4.69, 9.17) is 0 Å². The standard InChI is InChI=1S/C20H21F2N3O/c1-14(9-10-15-6-3-2-4-7-15)23-18(26)13-25-11-5-8-16-12-17(19(21)22)24-20(16)25/h2-8,11-12,14,19H,9-10,13H2,1H3,(H,23,26)/t14-/m0/s1. The highest BCUT2D eigenvalue weighted by atomic mass is 19.3. The summed E-state index contributed by atoms with van der Waals surface area (Å²) in [5.41, 5.74) is 1.57. The Bertz CT molecular complexity index is 832.